The quantitative estimate of drug-likeness (QED) is 0.553. The second-order valence-corrected chi connectivity index (χ2v) is 7.14. The molecule has 1 heterocycles. The van der Waals surface area contributed by atoms with Crippen LogP contribution < -0.4 is 19.1 Å². The summed E-state index contributed by atoms with van der Waals surface area (Å²) in [6.07, 6.45) is 0. The van der Waals surface area contributed by atoms with Crippen LogP contribution in [0.5, 0.6) is 17.2 Å². The Bertz CT molecular complexity index is 924. The lowest BCUT2D eigenvalue weighted by atomic mass is 10.2. The molecule has 8 heteroatoms. The van der Waals surface area contributed by atoms with Crippen molar-refractivity contribution >= 4 is 17.6 Å². The molecule has 172 valence electrons. The van der Waals surface area contributed by atoms with Crippen molar-refractivity contribution in [3.8, 4) is 17.2 Å². The first-order valence-corrected chi connectivity index (χ1v) is 10.8. The van der Waals surface area contributed by atoms with E-state index in [-0.39, 0.29) is 12.5 Å². The molecule has 2 aromatic rings. The van der Waals surface area contributed by atoms with E-state index in [1.807, 2.05) is 38.1 Å². The Morgan fingerprint density at radius 3 is 2.25 bits per heavy atom. The lowest BCUT2D eigenvalue weighted by molar-refractivity contribution is -0.134. The fourth-order valence-corrected chi connectivity index (χ4v) is 3.57. The molecule has 0 atom stereocenters. The molecule has 32 heavy (non-hydrogen) atoms. The van der Waals surface area contributed by atoms with E-state index in [1.165, 1.54) is 0 Å². The van der Waals surface area contributed by atoms with Gasteiger partial charge in [0.05, 0.1) is 31.6 Å². The molecule has 1 amide bonds. The van der Waals surface area contributed by atoms with Crippen LogP contribution in [0.2, 0.25) is 0 Å². The van der Waals surface area contributed by atoms with E-state index in [1.54, 1.807) is 30.2 Å². The fourth-order valence-electron chi connectivity index (χ4n) is 3.57. The van der Waals surface area contributed by atoms with Gasteiger partial charge in [-0.2, -0.15) is 0 Å². The third-order valence-electron chi connectivity index (χ3n) is 5.16. The minimum Gasteiger partial charge on any atom is -0.495 e. The summed E-state index contributed by atoms with van der Waals surface area (Å²) in [5.74, 6) is 1.06. The van der Waals surface area contributed by atoms with Gasteiger partial charge in [-0.1, -0.05) is 12.1 Å². The van der Waals surface area contributed by atoms with Gasteiger partial charge in [-0.3, -0.25) is 4.79 Å². The van der Waals surface area contributed by atoms with Crippen molar-refractivity contribution in [3.63, 3.8) is 0 Å². The van der Waals surface area contributed by atoms with Crippen molar-refractivity contribution in [1.82, 2.24) is 4.90 Å². The minimum absolute atomic E-state index is 0.214. The average Bonchev–Trinajstić information content (AvgIpc) is 2.83. The lowest BCUT2D eigenvalue weighted by Gasteiger charge is -2.36. The first-order chi connectivity index (χ1) is 15.6. The maximum Gasteiger partial charge on any atom is 0.338 e. The maximum absolute atomic E-state index is 12.6. The van der Waals surface area contributed by atoms with Crippen molar-refractivity contribution in [3.05, 3.63) is 48.0 Å². The van der Waals surface area contributed by atoms with Gasteiger partial charge < -0.3 is 28.7 Å². The highest BCUT2D eigenvalue weighted by atomic mass is 16.5. The van der Waals surface area contributed by atoms with Crippen LogP contribution in [-0.4, -0.2) is 69.9 Å². The minimum atomic E-state index is -0.574. The van der Waals surface area contributed by atoms with E-state index in [4.69, 9.17) is 18.9 Å². The number of para-hydroxylation sites is 2. The van der Waals surface area contributed by atoms with Crippen molar-refractivity contribution < 1.29 is 28.5 Å². The summed E-state index contributed by atoms with van der Waals surface area (Å²) >= 11 is 0. The van der Waals surface area contributed by atoms with Gasteiger partial charge in [0.2, 0.25) is 0 Å². The first kappa shape index (κ1) is 23.2. The number of rotatable bonds is 9. The summed E-state index contributed by atoms with van der Waals surface area (Å²) in [6.45, 7) is 6.81. The van der Waals surface area contributed by atoms with Crippen LogP contribution >= 0.6 is 0 Å². The molecule has 1 aliphatic rings. The summed E-state index contributed by atoms with van der Waals surface area (Å²) in [7, 11) is 1.65. The molecule has 0 N–H and O–H groups in total. The van der Waals surface area contributed by atoms with Crippen molar-refractivity contribution in [2.75, 3.05) is 58.0 Å². The molecule has 1 aliphatic heterocycles. The molecule has 0 aliphatic carbocycles. The number of hydrogen-bond acceptors (Lipinski definition) is 7. The predicted molar refractivity (Wildman–Crippen MR) is 121 cm³/mol. The molecule has 0 saturated carbocycles. The van der Waals surface area contributed by atoms with Crippen LogP contribution in [0.4, 0.5) is 5.69 Å². The van der Waals surface area contributed by atoms with Crippen LogP contribution in [0.15, 0.2) is 42.5 Å². The molecule has 3 rings (SSSR count). The van der Waals surface area contributed by atoms with Crippen LogP contribution in [0.1, 0.15) is 24.2 Å². The van der Waals surface area contributed by atoms with Gasteiger partial charge in [0.25, 0.3) is 5.91 Å². The Morgan fingerprint density at radius 2 is 1.56 bits per heavy atom. The summed E-state index contributed by atoms with van der Waals surface area (Å²) in [6, 6.07) is 12.7. The van der Waals surface area contributed by atoms with Gasteiger partial charge in [0.15, 0.2) is 18.1 Å². The number of amides is 1. The van der Waals surface area contributed by atoms with Crippen LogP contribution in [0, 0.1) is 0 Å². The molecular weight excluding hydrogens is 412 g/mol. The lowest BCUT2D eigenvalue weighted by Crippen LogP contribution is -2.50. The molecule has 8 nitrogen and oxygen atoms in total. The molecule has 0 spiro atoms. The molecule has 2 aromatic carbocycles. The highest BCUT2D eigenvalue weighted by Gasteiger charge is 2.24. The Balaban J connectivity index is 1.53. The molecule has 1 fully saturated rings. The second kappa shape index (κ2) is 11.3. The van der Waals surface area contributed by atoms with Crippen molar-refractivity contribution in [2.45, 2.75) is 13.8 Å². The molecule has 0 aromatic heterocycles. The summed E-state index contributed by atoms with van der Waals surface area (Å²) < 4.78 is 21.7. The van der Waals surface area contributed by atoms with E-state index in [0.717, 1.165) is 11.4 Å². The third kappa shape index (κ3) is 5.63. The number of hydrogen-bond donors (Lipinski definition) is 0. The highest BCUT2D eigenvalue weighted by molar-refractivity contribution is 5.92. The zero-order valence-corrected chi connectivity index (χ0v) is 18.8. The fraction of sp³-hybridized carbons (Fsp3) is 0.417. The average molecular weight is 443 g/mol. The van der Waals surface area contributed by atoms with Crippen LogP contribution in [-0.2, 0) is 9.53 Å². The number of anilines is 1. The van der Waals surface area contributed by atoms with Gasteiger partial charge in [-0.05, 0) is 44.2 Å². The van der Waals surface area contributed by atoms with Gasteiger partial charge in [-0.15, -0.1) is 0 Å². The highest BCUT2D eigenvalue weighted by Crippen LogP contribution is 2.29. The summed E-state index contributed by atoms with van der Waals surface area (Å²) in [4.78, 5) is 28.9. The summed E-state index contributed by atoms with van der Waals surface area (Å²) in [5.41, 5.74) is 1.32. The summed E-state index contributed by atoms with van der Waals surface area (Å²) in [5, 5.41) is 0. The standard InChI is InChI=1S/C24H30N2O6/c1-4-30-21-11-10-18(16-22(21)31-5-2)24(28)32-17-23(27)26-14-12-25(13-15-26)19-8-6-7-9-20(19)29-3/h6-11,16H,4-5,12-15,17H2,1-3H3. The van der Waals surface area contributed by atoms with Gasteiger partial charge >= 0.3 is 5.97 Å². The van der Waals surface area contributed by atoms with E-state index in [9.17, 15) is 9.59 Å². The molecule has 0 unspecified atom stereocenters. The van der Waals surface area contributed by atoms with Crippen molar-refractivity contribution in [1.29, 1.82) is 0 Å². The van der Waals surface area contributed by atoms with E-state index in [2.05, 4.69) is 4.90 Å². The number of carbonyl (C=O) groups excluding carboxylic acids is 2. The van der Waals surface area contributed by atoms with E-state index < -0.39 is 5.97 Å². The maximum atomic E-state index is 12.6. The normalized spacial score (nSPS) is 13.5. The Hall–Kier alpha value is -3.42. The number of benzene rings is 2. The van der Waals surface area contributed by atoms with E-state index >= 15 is 0 Å². The Kier molecular flexibility index (Phi) is 8.19. The molecular formula is C24H30N2O6. The number of carbonyl (C=O) groups is 2. The Morgan fingerprint density at radius 1 is 0.875 bits per heavy atom. The van der Waals surface area contributed by atoms with Crippen LogP contribution in [0.25, 0.3) is 0 Å². The number of ether oxygens (including phenoxy) is 4. The number of methoxy groups -OCH3 is 1. The van der Waals surface area contributed by atoms with Crippen LogP contribution in [0.3, 0.4) is 0 Å². The number of piperazine rings is 1. The zero-order chi connectivity index (χ0) is 22.9. The zero-order valence-electron chi connectivity index (χ0n) is 18.8. The molecule has 0 bridgehead atoms. The molecule has 1 saturated heterocycles. The SMILES string of the molecule is CCOc1ccc(C(=O)OCC(=O)N2CCN(c3ccccc3OC)CC2)cc1OCC. The topological polar surface area (TPSA) is 77.5 Å². The second-order valence-electron chi connectivity index (χ2n) is 7.14. The van der Waals surface area contributed by atoms with Crippen molar-refractivity contribution in [2.24, 2.45) is 0 Å². The molecule has 0 radical (unpaired) electrons. The monoisotopic (exact) mass is 442 g/mol. The smallest absolute Gasteiger partial charge is 0.338 e. The predicted octanol–water partition coefficient (Wildman–Crippen LogP) is 3.00. The van der Waals surface area contributed by atoms with Gasteiger partial charge in [0, 0.05) is 26.2 Å². The number of esters is 1. The largest absolute Gasteiger partial charge is 0.495 e. The third-order valence-corrected chi connectivity index (χ3v) is 5.16. The van der Waals surface area contributed by atoms with Gasteiger partial charge in [0.1, 0.15) is 5.75 Å². The van der Waals surface area contributed by atoms with Gasteiger partial charge in [-0.25, -0.2) is 4.79 Å². The number of nitrogens with zero attached hydrogens (tertiary/aromatic N) is 2. The Labute approximate surface area is 188 Å². The van der Waals surface area contributed by atoms with E-state index in [0.29, 0.717) is 56.5 Å². The first-order valence-electron chi connectivity index (χ1n) is 10.8.